The summed E-state index contributed by atoms with van der Waals surface area (Å²) in [6, 6.07) is 1.94. The Labute approximate surface area is 96.8 Å². The van der Waals surface area contributed by atoms with Crippen molar-refractivity contribution in [3.63, 3.8) is 0 Å². The highest BCUT2D eigenvalue weighted by atomic mass is 19.1. The molecule has 0 aromatic heterocycles. The minimum atomic E-state index is -1.00. The van der Waals surface area contributed by atoms with Gasteiger partial charge in [0, 0.05) is 12.2 Å². The van der Waals surface area contributed by atoms with Crippen LogP contribution in [0.15, 0.2) is 12.1 Å². The number of nitro groups is 1. The second kappa shape index (κ2) is 5.55. The van der Waals surface area contributed by atoms with Crippen LogP contribution >= 0.6 is 0 Å². The number of hydrogen-bond acceptors (Lipinski definition) is 5. The molecule has 0 aliphatic heterocycles. The van der Waals surface area contributed by atoms with Gasteiger partial charge < -0.3 is 15.5 Å². The molecule has 0 spiro atoms. The number of halogens is 1. The molecule has 0 saturated heterocycles. The Morgan fingerprint density at radius 2 is 2.24 bits per heavy atom. The Morgan fingerprint density at radius 3 is 2.76 bits per heavy atom. The van der Waals surface area contributed by atoms with E-state index in [4.69, 9.17) is 10.2 Å². The van der Waals surface area contributed by atoms with E-state index in [1.807, 2.05) is 0 Å². The molecule has 1 aromatic carbocycles. The SMILES string of the molecule is Cc1c(NCC(O)CO)cc(F)cc1[N+](=O)[O-]. The Hall–Kier alpha value is -1.73. The maximum Gasteiger partial charge on any atom is 0.277 e. The van der Waals surface area contributed by atoms with Crippen LogP contribution in [-0.4, -0.2) is 34.4 Å². The van der Waals surface area contributed by atoms with Crippen molar-refractivity contribution < 1.29 is 19.5 Å². The second-order valence-electron chi connectivity index (χ2n) is 3.57. The highest BCUT2D eigenvalue weighted by Crippen LogP contribution is 2.26. The predicted octanol–water partition coefficient (Wildman–Crippen LogP) is 0.807. The van der Waals surface area contributed by atoms with E-state index in [-0.39, 0.29) is 23.5 Å². The van der Waals surface area contributed by atoms with Gasteiger partial charge in [0.1, 0.15) is 5.82 Å². The second-order valence-corrected chi connectivity index (χ2v) is 3.57. The summed E-state index contributed by atoms with van der Waals surface area (Å²) in [6.45, 7) is 1.02. The van der Waals surface area contributed by atoms with Crippen LogP contribution in [0.1, 0.15) is 5.56 Å². The summed E-state index contributed by atoms with van der Waals surface area (Å²) in [5, 5.41) is 31.0. The number of nitro benzene ring substituents is 1. The van der Waals surface area contributed by atoms with Gasteiger partial charge in [0.15, 0.2) is 0 Å². The molecule has 0 saturated carbocycles. The van der Waals surface area contributed by atoms with Gasteiger partial charge in [-0.05, 0) is 13.0 Å². The smallest absolute Gasteiger partial charge is 0.277 e. The Morgan fingerprint density at radius 1 is 1.59 bits per heavy atom. The Kier molecular flexibility index (Phi) is 4.36. The van der Waals surface area contributed by atoms with Gasteiger partial charge in [-0.15, -0.1) is 0 Å². The van der Waals surface area contributed by atoms with Crippen LogP contribution in [0.4, 0.5) is 15.8 Å². The summed E-state index contributed by atoms with van der Waals surface area (Å²) >= 11 is 0. The van der Waals surface area contributed by atoms with Crippen LogP contribution in [0.2, 0.25) is 0 Å². The third-order valence-electron chi connectivity index (χ3n) is 2.28. The molecule has 0 bridgehead atoms. The first-order chi connectivity index (χ1) is 7.95. The fourth-order valence-corrected chi connectivity index (χ4v) is 1.33. The summed E-state index contributed by atoms with van der Waals surface area (Å²) in [6.07, 6.45) is -1.00. The molecule has 0 aliphatic rings. The first-order valence-corrected chi connectivity index (χ1v) is 4.93. The molecule has 0 radical (unpaired) electrons. The fourth-order valence-electron chi connectivity index (χ4n) is 1.33. The third kappa shape index (κ3) is 3.36. The zero-order chi connectivity index (χ0) is 13.0. The lowest BCUT2D eigenvalue weighted by molar-refractivity contribution is -0.385. The van der Waals surface area contributed by atoms with E-state index in [1.54, 1.807) is 0 Å². The lowest BCUT2D eigenvalue weighted by Crippen LogP contribution is -2.23. The molecular formula is C10H13FN2O4. The highest BCUT2D eigenvalue weighted by Gasteiger charge is 2.16. The molecule has 7 heteroatoms. The van der Waals surface area contributed by atoms with Gasteiger partial charge in [-0.25, -0.2) is 4.39 Å². The molecule has 1 atom stereocenters. The minimum absolute atomic E-state index is 0.0159. The summed E-state index contributed by atoms with van der Waals surface area (Å²) < 4.78 is 13.1. The highest BCUT2D eigenvalue weighted by molar-refractivity contribution is 5.60. The van der Waals surface area contributed by atoms with Crippen LogP contribution in [0, 0.1) is 22.9 Å². The van der Waals surface area contributed by atoms with Crippen molar-refractivity contribution >= 4 is 11.4 Å². The number of hydrogen-bond donors (Lipinski definition) is 3. The average molecular weight is 244 g/mol. The van der Waals surface area contributed by atoms with Gasteiger partial charge in [-0.2, -0.15) is 0 Å². The molecule has 1 rings (SSSR count). The third-order valence-corrected chi connectivity index (χ3v) is 2.28. The normalized spacial score (nSPS) is 12.2. The largest absolute Gasteiger partial charge is 0.394 e. The van der Waals surface area contributed by atoms with Crippen LogP contribution in [0.5, 0.6) is 0 Å². The van der Waals surface area contributed by atoms with Gasteiger partial charge in [0.2, 0.25) is 0 Å². The number of nitrogens with one attached hydrogen (secondary N) is 1. The fraction of sp³-hybridized carbons (Fsp3) is 0.400. The number of aliphatic hydroxyl groups excluding tert-OH is 2. The average Bonchev–Trinajstić information content (AvgIpc) is 2.28. The van der Waals surface area contributed by atoms with Crippen molar-refractivity contribution in [2.45, 2.75) is 13.0 Å². The van der Waals surface area contributed by atoms with Gasteiger partial charge >= 0.3 is 0 Å². The van der Waals surface area contributed by atoms with E-state index in [9.17, 15) is 14.5 Å². The quantitative estimate of drug-likeness (QED) is 0.526. The van der Waals surface area contributed by atoms with E-state index in [0.29, 0.717) is 0 Å². The maximum atomic E-state index is 13.1. The van der Waals surface area contributed by atoms with Gasteiger partial charge in [-0.1, -0.05) is 0 Å². The van der Waals surface area contributed by atoms with Crippen LogP contribution in [0.25, 0.3) is 0 Å². The molecule has 1 aromatic rings. The summed E-state index contributed by atoms with van der Waals surface area (Å²) in [7, 11) is 0. The van der Waals surface area contributed by atoms with E-state index >= 15 is 0 Å². The lowest BCUT2D eigenvalue weighted by atomic mass is 10.1. The van der Waals surface area contributed by atoms with Crippen molar-refractivity contribution in [1.29, 1.82) is 0 Å². The maximum absolute atomic E-state index is 13.1. The van der Waals surface area contributed by atoms with E-state index < -0.39 is 23.5 Å². The van der Waals surface area contributed by atoms with Gasteiger partial charge in [-0.3, -0.25) is 10.1 Å². The minimum Gasteiger partial charge on any atom is -0.394 e. The molecule has 17 heavy (non-hydrogen) atoms. The molecule has 0 aliphatic carbocycles. The molecule has 1 unspecified atom stereocenters. The number of rotatable bonds is 5. The standard InChI is InChI=1S/C10H13FN2O4/c1-6-9(12-4-8(15)5-14)2-7(11)3-10(6)13(16)17/h2-3,8,12,14-15H,4-5H2,1H3. The number of benzene rings is 1. The van der Waals surface area contributed by atoms with Crippen molar-refractivity contribution in [2.24, 2.45) is 0 Å². The predicted molar refractivity (Wildman–Crippen MR) is 59.4 cm³/mol. The number of aliphatic hydroxyl groups is 2. The van der Waals surface area contributed by atoms with Gasteiger partial charge in [0.05, 0.1) is 29.3 Å². The topological polar surface area (TPSA) is 95.6 Å². The summed E-state index contributed by atoms with van der Waals surface area (Å²) in [5.41, 5.74) is 0.178. The molecule has 0 fully saturated rings. The summed E-state index contributed by atoms with van der Waals surface area (Å²) in [4.78, 5) is 9.97. The molecule has 6 nitrogen and oxygen atoms in total. The van der Waals surface area contributed by atoms with Crippen molar-refractivity contribution in [3.8, 4) is 0 Å². The van der Waals surface area contributed by atoms with E-state index in [2.05, 4.69) is 5.32 Å². The monoisotopic (exact) mass is 244 g/mol. The molecule has 0 heterocycles. The van der Waals surface area contributed by atoms with E-state index in [0.717, 1.165) is 12.1 Å². The van der Waals surface area contributed by atoms with Crippen molar-refractivity contribution in [2.75, 3.05) is 18.5 Å². The van der Waals surface area contributed by atoms with Crippen molar-refractivity contribution in [1.82, 2.24) is 0 Å². The number of nitrogens with zero attached hydrogens (tertiary/aromatic N) is 1. The number of anilines is 1. The zero-order valence-corrected chi connectivity index (χ0v) is 9.18. The van der Waals surface area contributed by atoms with Crippen molar-refractivity contribution in [3.05, 3.63) is 33.6 Å². The Balaban J connectivity index is 2.95. The molecule has 94 valence electrons. The molecule has 0 amide bonds. The Bertz CT molecular complexity index is 425. The molecular weight excluding hydrogens is 231 g/mol. The van der Waals surface area contributed by atoms with Gasteiger partial charge in [0.25, 0.3) is 5.69 Å². The van der Waals surface area contributed by atoms with E-state index in [1.165, 1.54) is 6.92 Å². The zero-order valence-electron chi connectivity index (χ0n) is 9.18. The first kappa shape index (κ1) is 13.3. The summed E-state index contributed by atoms with van der Waals surface area (Å²) in [5.74, 6) is -0.733. The lowest BCUT2D eigenvalue weighted by Gasteiger charge is -2.12. The van der Waals surface area contributed by atoms with Crippen LogP contribution < -0.4 is 5.32 Å². The van der Waals surface area contributed by atoms with Crippen LogP contribution in [0.3, 0.4) is 0 Å². The van der Waals surface area contributed by atoms with Crippen LogP contribution in [-0.2, 0) is 0 Å². The molecule has 3 N–H and O–H groups in total. The first-order valence-electron chi connectivity index (χ1n) is 4.93.